The van der Waals surface area contributed by atoms with E-state index in [1.165, 1.54) is 0 Å². The molecule has 2 fully saturated rings. The molecule has 1 aromatic heterocycles. The van der Waals surface area contributed by atoms with Gasteiger partial charge in [-0.05, 0) is 37.5 Å². The van der Waals surface area contributed by atoms with Gasteiger partial charge in [0.05, 0.1) is 24.5 Å². The molecule has 0 radical (unpaired) electrons. The van der Waals surface area contributed by atoms with Crippen molar-refractivity contribution < 1.29 is 17.9 Å². The highest BCUT2D eigenvalue weighted by Gasteiger charge is 2.48. The highest BCUT2D eigenvalue weighted by molar-refractivity contribution is 7.89. The van der Waals surface area contributed by atoms with Crippen LogP contribution >= 0.6 is 0 Å². The Kier molecular flexibility index (Phi) is 4.77. The molecular formula is C15H22N2O4S. The Hall–Kier alpha value is -1.02. The summed E-state index contributed by atoms with van der Waals surface area (Å²) < 4.78 is 38.0. The Morgan fingerprint density at radius 2 is 2.18 bits per heavy atom. The molecule has 0 N–H and O–H groups in total. The molecule has 0 amide bonds. The Bertz CT molecular complexity index is 593. The van der Waals surface area contributed by atoms with E-state index in [1.807, 2.05) is 12.1 Å². The van der Waals surface area contributed by atoms with Crippen LogP contribution in [0, 0.1) is 0 Å². The minimum absolute atomic E-state index is 0.0823. The molecule has 2 saturated heterocycles. The van der Waals surface area contributed by atoms with Gasteiger partial charge in [-0.25, -0.2) is 8.42 Å². The number of hydrogen-bond donors (Lipinski definition) is 0. The number of hydrogen-bond acceptors (Lipinski definition) is 5. The van der Waals surface area contributed by atoms with E-state index in [4.69, 9.17) is 9.47 Å². The molecule has 0 aliphatic carbocycles. The average Bonchev–Trinajstić information content (AvgIpc) is 2.94. The molecule has 0 bridgehead atoms. The highest BCUT2D eigenvalue weighted by Crippen LogP contribution is 2.33. The SMILES string of the molecule is CCS(=O)(=O)N1C[C@@H](OCc2ccncc2)[C@@H]2OCCC[C@@H]21. The van der Waals surface area contributed by atoms with E-state index in [1.54, 1.807) is 23.6 Å². The molecule has 1 aromatic rings. The fraction of sp³-hybridized carbons (Fsp3) is 0.667. The van der Waals surface area contributed by atoms with E-state index in [0.29, 0.717) is 19.8 Å². The van der Waals surface area contributed by atoms with Gasteiger partial charge in [0.1, 0.15) is 6.10 Å². The summed E-state index contributed by atoms with van der Waals surface area (Å²) >= 11 is 0. The van der Waals surface area contributed by atoms with Gasteiger partial charge in [-0.3, -0.25) is 4.98 Å². The number of fused-ring (bicyclic) bond motifs is 1. The van der Waals surface area contributed by atoms with Gasteiger partial charge in [-0.1, -0.05) is 0 Å². The molecule has 0 unspecified atom stereocenters. The molecule has 7 heteroatoms. The smallest absolute Gasteiger partial charge is 0.214 e. The third-order valence-electron chi connectivity index (χ3n) is 4.37. The van der Waals surface area contributed by atoms with E-state index < -0.39 is 10.0 Å². The largest absolute Gasteiger partial charge is 0.374 e. The summed E-state index contributed by atoms with van der Waals surface area (Å²) in [6.45, 7) is 3.19. The van der Waals surface area contributed by atoms with E-state index in [-0.39, 0.29) is 24.0 Å². The minimum Gasteiger partial charge on any atom is -0.374 e. The standard InChI is InChI=1S/C15H22N2O4S/c1-2-22(18,19)17-10-14(15-13(17)4-3-9-20-15)21-11-12-5-7-16-8-6-12/h5-8,13-15H,2-4,9-11H2,1H3/t13-,14+,15+/m0/s1. The van der Waals surface area contributed by atoms with Crippen molar-refractivity contribution in [1.82, 2.24) is 9.29 Å². The quantitative estimate of drug-likeness (QED) is 0.813. The third-order valence-corrected chi connectivity index (χ3v) is 6.23. The molecule has 0 spiro atoms. The van der Waals surface area contributed by atoms with Crippen LogP contribution < -0.4 is 0 Å². The topological polar surface area (TPSA) is 68.7 Å². The average molecular weight is 326 g/mol. The molecule has 3 rings (SSSR count). The second-order valence-corrected chi connectivity index (χ2v) is 7.93. The van der Waals surface area contributed by atoms with Crippen LogP contribution in [-0.2, 0) is 26.1 Å². The van der Waals surface area contributed by atoms with Crippen molar-refractivity contribution in [2.24, 2.45) is 0 Å². The summed E-state index contributed by atoms with van der Waals surface area (Å²) in [7, 11) is -3.22. The van der Waals surface area contributed by atoms with Crippen molar-refractivity contribution in [3.8, 4) is 0 Å². The molecule has 2 aliphatic rings. The zero-order chi connectivity index (χ0) is 15.6. The van der Waals surface area contributed by atoms with Gasteiger partial charge in [0.15, 0.2) is 0 Å². The number of nitrogens with zero attached hydrogens (tertiary/aromatic N) is 2. The Labute approximate surface area is 131 Å². The molecule has 0 aromatic carbocycles. The van der Waals surface area contributed by atoms with Gasteiger partial charge < -0.3 is 9.47 Å². The zero-order valence-corrected chi connectivity index (χ0v) is 13.5. The zero-order valence-electron chi connectivity index (χ0n) is 12.7. The van der Waals surface area contributed by atoms with Crippen molar-refractivity contribution in [1.29, 1.82) is 0 Å². The maximum atomic E-state index is 12.3. The van der Waals surface area contributed by atoms with Crippen molar-refractivity contribution in [2.75, 3.05) is 18.9 Å². The molecule has 122 valence electrons. The van der Waals surface area contributed by atoms with Crippen LogP contribution in [0.2, 0.25) is 0 Å². The summed E-state index contributed by atoms with van der Waals surface area (Å²) in [5, 5.41) is 0. The lowest BCUT2D eigenvalue weighted by Gasteiger charge is -2.31. The number of pyridine rings is 1. The molecule has 6 nitrogen and oxygen atoms in total. The van der Waals surface area contributed by atoms with Crippen molar-refractivity contribution in [2.45, 2.75) is 44.6 Å². The maximum Gasteiger partial charge on any atom is 0.214 e. The minimum atomic E-state index is -3.22. The normalized spacial score (nSPS) is 29.4. The summed E-state index contributed by atoms with van der Waals surface area (Å²) in [4.78, 5) is 3.98. The fourth-order valence-corrected chi connectivity index (χ4v) is 4.53. The van der Waals surface area contributed by atoms with Gasteiger partial charge in [-0.15, -0.1) is 0 Å². The first-order valence-electron chi connectivity index (χ1n) is 7.73. The van der Waals surface area contributed by atoms with E-state index in [2.05, 4.69) is 4.98 Å². The Balaban J connectivity index is 1.71. The van der Waals surface area contributed by atoms with Crippen LogP contribution in [0.1, 0.15) is 25.3 Å². The van der Waals surface area contributed by atoms with Gasteiger partial charge in [0, 0.05) is 25.5 Å². The Morgan fingerprint density at radius 3 is 2.91 bits per heavy atom. The molecular weight excluding hydrogens is 304 g/mol. The van der Waals surface area contributed by atoms with E-state index in [9.17, 15) is 8.42 Å². The van der Waals surface area contributed by atoms with E-state index in [0.717, 1.165) is 18.4 Å². The molecule has 3 atom stereocenters. The molecule has 2 aliphatic heterocycles. The number of ether oxygens (including phenoxy) is 2. The molecule has 3 heterocycles. The maximum absolute atomic E-state index is 12.3. The first-order chi connectivity index (χ1) is 10.6. The predicted octanol–water partition coefficient (Wildman–Crippen LogP) is 1.18. The second kappa shape index (κ2) is 6.62. The van der Waals surface area contributed by atoms with Crippen LogP contribution in [0.3, 0.4) is 0 Å². The van der Waals surface area contributed by atoms with E-state index >= 15 is 0 Å². The molecule has 22 heavy (non-hydrogen) atoms. The first kappa shape index (κ1) is 15.9. The van der Waals surface area contributed by atoms with Gasteiger partial charge in [0.25, 0.3) is 0 Å². The highest BCUT2D eigenvalue weighted by atomic mass is 32.2. The molecule has 0 saturated carbocycles. The fourth-order valence-electron chi connectivity index (χ4n) is 3.18. The number of rotatable bonds is 5. The van der Waals surface area contributed by atoms with Crippen LogP contribution in [0.5, 0.6) is 0 Å². The van der Waals surface area contributed by atoms with Crippen LogP contribution in [-0.4, -0.2) is 54.9 Å². The van der Waals surface area contributed by atoms with Crippen molar-refractivity contribution in [3.05, 3.63) is 30.1 Å². The lowest BCUT2D eigenvalue weighted by Crippen LogP contribution is -2.44. The van der Waals surface area contributed by atoms with Gasteiger partial charge in [0.2, 0.25) is 10.0 Å². The lowest BCUT2D eigenvalue weighted by atomic mass is 10.0. The number of sulfonamides is 1. The van der Waals surface area contributed by atoms with Gasteiger partial charge in [-0.2, -0.15) is 4.31 Å². The van der Waals surface area contributed by atoms with Crippen molar-refractivity contribution in [3.63, 3.8) is 0 Å². The summed E-state index contributed by atoms with van der Waals surface area (Å²) in [5.74, 6) is 0.118. The lowest BCUT2D eigenvalue weighted by molar-refractivity contribution is -0.0802. The monoisotopic (exact) mass is 326 g/mol. The van der Waals surface area contributed by atoms with Crippen LogP contribution in [0.4, 0.5) is 0 Å². The van der Waals surface area contributed by atoms with Crippen LogP contribution in [0.25, 0.3) is 0 Å². The predicted molar refractivity (Wildman–Crippen MR) is 81.7 cm³/mol. The summed E-state index contributed by atoms with van der Waals surface area (Å²) in [5.41, 5.74) is 1.03. The van der Waals surface area contributed by atoms with Crippen LogP contribution in [0.15, 0.2) is 24.5 Å². The first-order valence-corrected chi connectivity index (χ1v) is 9.34. The summed E-state index contributed by atoms with van der Waals surface area (Å²) in [6.07, 6.45) is 4.83. The van der Waals surface area contributed by atoms with Crippen molar-refractivity contribution >= 4 is 10.0 Å². The third kappa shape index (κ3) is 3.17. The Morgan fingerprint density at radius 1 is 1.41 bits per heavy atom. The number of aromatic nitrogens is 1. The second-order valence-electron chi connectivity index (χ2n) is 5.72. The van der Waals surface area contributed by atoms with Gasteiger partial charge >= 0.3 is 0 Å². The summed E-state index contributed by atoms with van der Waals surface area (Å²) in [6, 6.07) is 3.71.